The van der Waals surface area contributed by atoms with Crippen molar-refractivity contribution in [1.82, 2.24) is 14.9 Å². The zero-order chi connectivity index (χ0) is 22.3. The number of aryl methyl sites for hydroxylation is 1. The molecule has 1 fully saturated rings. The minimum Gasteiger partial charge on any atom is -0.381 e. The molecule has 1 aliphatic rings. The van der Waals surface area contributed by atoms with Gasteiger partial charge in [-0.2, -0.15) is 4.31 Å². The maximum absolute atomic E-state index is 13.1. The third kappa shape index (κ3) is 6.13. The van der Waals surface area contributed by atoms with Crippen molar-refractivity contribution in [3.8, 4) is 0 Å². The molecule has 7 nitrogen and oxygen atoms in total. The molecule has 0 spiro atoms. The Bertz CT molecular complexity index is 949. The summed E-state index contributed by atoms with van der Waals surface area (Å²) in [5.74, 6) is -0.464. The van der Waals surface area contributed by atoms with Crippen molar-refractivity contribution in [2.75, 3.05) is 26.2 Å². The van der Waals surface area contributed by atoms with Gasteiger partial charge in [-0.3, -0.25) is 4.79 Å². The van der Waals surface area contributed by atoms with Crippen LogP contribution in [0.2, 0.25) is 0 Å². The summed E-state index contributed by atoms with van der Waals surface area (Å²) >= 11 is 0. The quantitative estimate of drug-likeness (QED) is 0.671. The first kappa shape index (κ1) is 23.4. The Morgan fingerprint density at radius 2 is 1.61 bits per heavy atom. The second-order valence-electron chi connectivity index (χ2n) is 7.86. The van der Waals surface area contributed by atoms with E-state index in [9.17, 15) is 18.3 Å². The lowest BCUT2D eigenvalue weighted by molar-refractivity contribution is -0.130. The lowest BCUT2D eigenvalue weighted by Crippen LogP contribution is -2.44. The largest absolute Gasteiger partial charge is 0.381 e. The van der Waals surface area contributed by atoms with Crippen LogP contribution in [0.15, 0.2) is 59.5 Å². The highest BCUT2D eigenvalue weighted by Gasteiger charge is 2.28. The summed E-state index contributed by atoms with van der Waals surface area (Å²) in [6.45, 7) is 3.48. The van der Waals surface area contributed by atoms with E-state index in [1.165, 1.54) is 4.31 Å². The SMILES string of the molecule is Cc1ccc(S(=O)(=O)N2CCCCNC(c3ccccc3)[C@H](O)C(=O)NCCC2)cc1. The van der Waals surface area contributed by atoms with Gasteiger partial charge < -0.3 is 15.7 Å². The maximum Gasteiger partial charge on any atom is 0.250 e. The number of aliphatic hydroxyl groups excluding tert-OH is 1. The number of carbonyl (C=O) groups excluding carboxylic acids is 1. The van der Waals surface area contributed by atoms with Crippen LogP contribution in [0.25, 0.3) is 0 Å². The van der Waals surface area contributed by atoms with E-state index in [2.05, 4.69) is 10.6 Å². The molecule has 1 heterocycles. The molecule has 2 atom stereocenters. The Kier molecular flexibility index (Phi) is 8.20. The predicted octanol–water partition coefficient (Wildman–Crippen LogP) is 1.98. The fraction of sp³-hybridized carbons (Fsp3) is 0.435. The fourth-order valence-electron chi connectivity index (χ4n) is 3.68. The number of rotatable bonds is 3. The Balaban J connectivity index is 1.73. The molecule has 2 aromatic carbocycles. The second-order valence-corrected chi connectivity index (χ2v) is 9.79. The Labute approximate surface area is 184 Å². The smallest absolute Gasteiger partial charge is 0.250 e. The average molecular weight is 446 g/mol. The van der Waals surface area contributed by atoms with Crippen LogP contribution in [0.4, 0.5) is 0 Å². The fourth-order valence-corrected chi connectivity index (χ4v) is 5.19. The van der Waals surface area contributed by atoms with Gasteiger partial charge in [-0.15, -0.1) is 0 Å². The lowest BCUT2D eigenvalue weighted by atomic mass is 10.0. The van der Waals surface area contributed by atoms with E-state index in [1.807, 2.05) is 37.3 Å². The van der Waals surface area contributed by atoms with E-state index in [-0.39, 0.29) is 11.4 Å². The molecule has 1 aliphatic heterocycles. The number of amides is 1. The molecule has 168 valence electrons. The molecule has 0 aromatic heterocycles. The Morgan fingerprint density at radius 3 is 2.32 bits per heavy atom. The van der Waals surface area contributed by atoms with Crippen LogP contribution >= 0.6 is 0 Å². The number of nitrogens with one attached hydrogen (secondary N) is 2. The van der Waals surface area contributed by atoms with E-state index in [4.69, 9.17) is 0 Å². The summed E-state index contributed by atoms with van der Waals surface area (Å²) in [5.41, 5.74) is 1.84. The van der Waals surface area contributed by atoms with E-state index < -0.39 is 28.1 Å². The van der Waals surface area contributed by atoms with Gasteiger partial charge >= 0.3 is 0 Å². The zero-order valence-corrected chi connectivity index (χ0v) is 18.6. The van der Waals surface area contributed by atoms with Gasteiger partial charge in [0.05, 0.1) is 10.9 Å². The van der Waals surface area contributed by atoms with Crippen molar-refractivity contribution < 1.29 is 18.3 Å². The van der Waals surface area contributed by atoms with Crippen LogP contribution in [-0.4, -0.2) is 56.0 Å². The first-order valence-electron chi connectivity index (χ1n) is 10.7. The molecule has 31 heavy (non-hydrogen) atoms. The molecular formula is C23H31N3O4S. The van der Waals surface area contributed by atoms with Gasteiger partial charge in [0, 0.05) is 19.6 Å². The lowest BCUT2D eigenvalue weighted by Gasteiger charge is -2.24. The summed E-state index contributed by atoms with van der Waals surface area (Å²) in [5, 5.41) is 16.6. The highest BCUT2D eigenvalue weighted by atomic mass is 32.2. The van der Waals surface area contributed by atoms with Crippen LogP contribution in [0.3, 0.4) is 0 Å². The Morgan fingerprint density at radius 1 is 0.935 bits per heavy atom. The standard InChI is InChI=1S/C23H31N3O4S/c1-18-10-12-20(13-11-18)31(29,30)26-16-6-5-14-24-21(19-8-3-2-4-9-19)22(27)23(28)25-15-7-17-26/h2-4,8-13,21-22,24,27H,5-7,14-17H2,1H3,(H,25,28)/t21?,22-/m0/s1. The molecule has 0 aliphatic carbocycles. The van der Waals surface area contributed by atoms with Crippen LogP contribution in [-0.2, 0) is 14.8 Å². The van der Waals surface area contributed by atoms with Gasteiger partial charge in [-0.05, 0) is 50.4 Å². The van der Waals surface area contributed by atoms with Crippen LogP contribution < -0.4 is 10.6 Å². The molecule has 1 unspecified atom stereocenters. The number of hydrogen-bond acceptors (Lipinski definition) is 5. The van der Waals surface area contributed by atoms with Crippen molar-refractivity contribution in [1.29, 1.82) is 0 Å². The molecular weight excluding hydrogens is 414 g/mol. The van der Waals surface area contributed by atoms with Gasteiger partial charge in [0.2, 0.25) is 10.0 Å². The average Bonchev–Trinajstić information content (AvgIpc) is 2.78. The number of benzene rings is 2. The molecule has 2 aromatic rings. The third-order valence-electron chi connectivity index (χ3n) is 5.48. The minimum absolute atomic E-state index is 0.282. The van der Waals surface area contributed by atoms with E-state index >= 15 is 0 Å². The first-order chi connectivity index (χ1) is 14.9. The van der Waals surface area contributed by atoms with E-state index in [0.717, 1.165) is 17.5 Å². The van der Waals surface area contributed by atoms with Crippen molar-refractivity contribution >= 4 is 15.9 Å². The van der Waals surface area contributed by atoms with Gasteiger partial charge in [-0.1, -0.05) is 48.0 Å². The molecule has 0 bridgehead atoms. The summed E-state index contributed by atoms with van der Waals surface area (Å²) in [7, 11) is -3.60. The summed E-state index contributed by atoms with van der Waals surface area (Å²) in [4.78, 5) is 12.8. The minimum atomic E-state index is -3.60. The topological polar surface area (TPSA) is 98.7 Å². The predicted molar refractivity (Wildman–Crippen MR) is 120 cm³/mol. The molecule has 0 saturated carbocycles. The highest BCUT2D eigenvalue weighted by molar-refractivity contribution is 7.89. The maximum atomic E-state index is 13.1. The van der Waals surface area contributed by atoms with E-state index in [0.29, 0.717) is 32.5 Å². The van der Waals surface area contributed by atoms with Gasteiger partial charge in [0.15, 0.2) is 6.10 Å². The number of carbonyl (C=O) groups is 1. The first-order valence-corrected chi connectivity index (χ1v) is 12.1. The molecule has 3 rings (SSSR count). The van der Waals surface area contributed by atoms with Crippen LogP contribution in [0.1, 0.15) is 36.4 Å². The molecule has 8 heteroatoms. The number of nitrogens with zero attached hydrogens (tertiary/aromatic N) is 1. The highest BCUT2D eigenvalue weighted by Crippen LogP contribution is 2.20. The molecule has 0 radical (unpaired) electrons. The van der Waals surface area contributed by atoms with Crippen LogP contribution in [0.5, 0.6) is 0 Å². The summed E-state index contributed by atoms with van der Waals surface area (Å²) < 4.78 is 27.7. The summed E-state index contributed by atoms with van der Waals surface area (Å²) in [6.07, 6.45) is 0.636. The third-order valence-corrected chi connectivity index (χ3v) is 7.40. The number of aliphatic hydroxyl groups is 1. The number of sulfonamides is 1. The van der Waals surface area contributed by atoms with Crippen molar-refractivity contribution in [2.45, 2.75) is 43.2 Å². The Hall–Kier alpha value is -2.26. The number of hydrogen-bond donors (Lipinski definition) is 3. The normalized spacial score (nSPS) is 22.6. The molecule has 1 saturated heterocycles. The van der Waals surface area contributed by atoms with Crippen molar-refractivity contribution in [3.05, 3.63) is 65.7 Å². The van der Waals surface area contributed by atoms with Crippen molar-refractivity contribution in [3.63, 3.8) is 0 Å². The summed E-state index contributed by atoms with van der Waals surface area (Å²) in [6, 6.07) is 15.7. The van der Waals surface area contributed by atoms with Crippen LogP contribution in [0, 0.1) is 6.92 Å². The molecule has 3 N–H and O–H groups in total. The monoisotopic (exact) mass is 445 g/mol. The zero-order valence-electron chi connectivity index (χ0n) is 17.8. The molecule has 1 amide bonds. The van der Waals surface area contributed by atoms with Gasteiger partial charge in [0.25, 0.3) is 5.91 Å². The van der Waals surface area contributed by atoms with E-state index in [1.54, 1.807) is 24.3 Å². The second kappa shape index (κ2) is 10.9. The van der Waals surface area contributed by atoms with Gasteiger partial charge in [-0.25, -0.2) is 8.42 Å². The van der Waals surface area contributed by atoms with Crippen molar-refractivity contribution in [2.24, 2.45) is 0 Å². The van der Waals surface area contributed by atoms with Gasteiger partial charge in [0.1, 0.15) is 0 Å².